The summed E-state index contributed by atoms with van der Waals surface area (Å²) in [6, 6.07) is 8.23. The molecule has 1 atom stereocenters. The minimum Gasteiger partial charge on any atom is -0.396 e. The Bertz CT molecular complexity index is 598. The highest BCUT2D eigenvalue weighted by atomic mass is 32.1. The topological polar surface area (TPSA) is 46.3 Å². The van der Waals surface area contributed by atoms with Crippen molar-refractivity contribution in [1.29, 1.82) is 0 Å². The van der Waals surface area contributed by atoms with E-state index in [4.69, 9.17) is 5.73 Å². The number of thiophene rings is 1. The van der Waals surface area contributed by atoms with Gasteiger partial charge in [-0.15, -0.1) is 11.3 Å². The summed E-state index contributed by atoms with van der Waals surface area (Å²) in [7, 11) is 1.73. The second-order valence-corrected chi connectivity index (χ2v) is 5.82. The van der Waals surface area contributed by atoms with Crippen molar-refractivity contribution in [3.05, 3.63) is 52.0 Å². The lowest BCUT2D eigenvalue weighted by atomic mass is 10.1. The number of amides is 1. The zero-order chi connectivity index (χ0) is 14.7. The number of anilines is 1. The van der Waals surface area contributed by atoms with Gasteiger partial charge >= 0.3 is 0 Å². The van der Waals surface area contributed by atoms with Gasteiger partial charge in [0.05, 0.1) is 5.69 Å². The van der Waals surface area contributed by atoms with E-state index < -0.39 is 5.82 Å². The number of nitrogens with two attached hydrogens (primary N) is 1. The average Bonchev–Trinajstić information content (AvgIpc) is 2.93. The molecule has 2 rings (SSSR count). The third kappa shape index (κ3) is 3.17. The molecule has 0 saturated carbocycles. The van der Waals surface area contributed by atoms with E-state index in [0.717, 1.165) is 6.42 Å². The number of rotatable bonds is 4. The average molecular weight is 292 g/mol. The van der Waals surface area contributed by atoms with Crippen LogP contribution in [0.15, 0.2) is 35.7 Å². The molecule has 3 nitrogen and oxygen atoms in total. The third-order valence-corrected chi connectivity index (χ3v) is 4.20. The van der Waals surface area contributed by atoms with Crippen molar-refractivity contribution in [2.24, 2.45) is 0 Å². The molecule has 2 N–H and O–H groups in total. The highest BCUT2D eigenvalue weighted by Crippen LogP contribution is 2.17. The molecule has 0 radical (unpaired) electrons. The maximum atomic E-state index is 13.4. The second-order valence-electron chi connectivity index (χ2n) is 4.78. The first-order valence-electron chi connectivity index (χ1n) is 6.33. The minimum atomic E-state index is -0.560. The van der Waals surface area contributed by atoms with Crippen molar-refractivity contribution in [3.63, 3.8) is 0 Å². The second kappa shape index (κ2) is 6.05. The Morgan fingerprint density at radius 2 is 2.20 bits per heavy atom. The maximum absolute atomic E-state index is 13.4. The Morgan fingerprint density at radius 1 is 1.45 bits per heavy atom. The number of nitrogens with zero attached hydrogens (tertiary/aromatic N) is 1. The van der Waals surface area contributed by atoms with E-state index in [2.05, 4.69) is 0 Å². The van der Waals surface area contributed by atoms with Crippen LogP contribution < -0.4 is 5.73 Å². The third-order valence-electron chi connectivity index (χ3n) is 3.31. The largest absolute Gasteiger partial charge is 0.396 e. The lowest BCUT2D eigenvalue weighted by Crippen LogP contribution is -2.36. The zero-order valence-electron chi connectivity index (χ0n) is 11.5. The summed E-state index contributed by atoms with van der Waals surface area (Å²) in [6.45, 7) is 1.98. The van der Waals surface area contributed by atoms with E-state index >= 15 is 0 Å². The normalized spacial score (nSPS) is 12.2. The van der Waals surface area contributed by atoms with Crippen LogP contribution in [-0.4, -0.2) is 23.9 Å². The smallest absolute Gasteiger partial charge is 0.253 e. The standard InChI is InChI=1S/C15H17FN2OS/c1-10(8-12-4-3-7-20-12)18(2)15(19)11-5-6-14(17)13(16)9-11/h3-7,9-10H,8,17H2,1-2H3. The fourth-order valence-electron chi connectivity index (χ4n) is 1.92. The van der Waals surface area contributed by atoms with Gasteiger partial charge in [-0.3, -0.25) is 4.79 Å². The molecular formula is C15H17FN2OS. The van der Waals surface area contributed by atoms with Gasteiger partial charge in [0.15, 0.2) is 0 Å². The van der Waals surface area contributed by atoms with Gasteiger partial charge in [-0.25, -0.2) is 4.39 Å². The van der Waals surface area contributed by atoms with E-state index in [0.29, 0.717) is 5.56 Å². The predicted octanol–water partition coefficient (Wildman–Crippen LogP) is 3.17. The number of benzene rings is 1. The maximum Gasteiger partial charge on any atom is 0.253 e. The Balaban J connectivity index is 2.09. The number of halogens is 1. The number of nitrogen functional groups attached to an aromatic ring is 1. The molecular weight excluding hydrogens is 275 g/mol. The predicted molar refractivity (Wildman–Crippen MR) is 80.4 cm³/mol. The van der Waals surface area contributed by atoms with Crippen LogP contribution in [-0.2, 0) is 6.42 Å². The first kappa shape index (κ1) is 14.5. The van der Waals surface area contributed by atoms with Crippen LogP contribution >= 0.6 is 11.3 Å². The van der Waals surface area contributed by atoms with E-state index in [1.165, 1.54) is 17.0 Å². The van der Waals surface area contributed by atoms with E-state index in [1.807, 2.05) is 24.4 Å². The van der Waals surface area contributed by atoms with Crippen molar-refractivity contribution in [3.8, 4) is 0 Å². The van der Waals surface area contributed by atoms with Crippen LogP contribution in [0.25, 0.3) is 0 Å². The number of carbonyl (C=O) groups is 1. The van der Waals surface area contributed by atoms with E-state index in [1.54, 1.807) is 29.4 Å². The Labute approximate surface area is 121 Å². The molecule has 106 valence electrons. The number of hydrogen-bond acceptors (Lipinski definition) is 3. The summed E-state index contributed by atoms with van der Waals surface area (Å²) in [6.07, 6.45) is 0.789. The molecule has 0 aliphatic rings. The van der Waals surface area contributed by atoms with Crippen molar-refractivity contribution in [1.82, 2.24) is 4.90 Å². The van der Waals surface area contributed by atoms with Crippen LogP contribution in [0.5, 0.6) is 0 Å². The van der Waals surface area contributed by atoms with Gasteiger partial charge in [0.25, 0.3) is 5.91 Å². The highest BCUT2D eigenvalue weighted by Gasteiger charge is 2.19. The fraction of sp³-hybridized carbons (Fsp3) is 0.267. The Morgan fingerprint density at radius 3 is 2.80 bits per heavy atom. The lowest BCUT2D eigenvalue weighted by Gasteiger charge is -2.24. The van der Waals surface area contributed by atoms with Crippen LogP contribution in [0.1, 0.15) is 22.2 Å². The number of hydrogen-bond donors (Lipinski definition) is 1. The molecule has 0 saturated heterocycles. The van der Waals surface area contributed by atoms with Crippen LogP contribution in [0.2, 0.25) is 0 Å². The number of likely N-dealkylation sites (N-methyl/N-ethyl adjacent to an activating group) is 1. The summed E-state index contributed by atoms with van der Waals surface area (Å²) in [5.74, 6) is -0.761. The minimum absolute atomic E-state index is 0.0433. The summed E-state index contributed by atoms with van der Waals surface area (Å²) < 4.78 is 13.4. The summed E-state index contributed by atoms with van der Waals surface area (Å²) in [5, 5.41) is 2.01. The van der Waals surface area contributed by atoms with Gasteiger partial charge in [0.1, 0.15) is 5.82 Å². The Kier molecular flexibility index (Phi) is 4.39. The zero-order valence-corrected chi connectivity index (χ0v) is 12.3. The molecule has 0 bridgehead atoms. The molecule has 1 aromatic carbocycles. The van der Waals surface area contributed by atoms with E-state index in [-0.39, 0.29) is 17.6 Å². The highest BCUT2D eigenvalue weighted by molar-refractivity contribution is 7.09. The first-order valence-corrected chi connectivity index (χ1v) is 7.21. The molecule has 1 amide bonds. The van der Waals surface area contributed by atoms with Crippen molar-refractivity contribution >= 4 is 22.9 Å². The summed E-state index contributed by atoms with van der Waals surface area (Å²) in [5.41, 5.74) is 5.79. The Hall–Kier alpha value is -1.88. The van der Waals surface area contributed by atoms with Crippen molar-refractivity contribution in [2.45, 2.75) is 19.4 Å². The molecule has 0 aliphatic carbocycles. The molecule has 1 unspecified atom stereocenters. The molecule has 1 heterocycles. The monoisotopic (exact) mass is 292 g/mol. The van der Waals surface area contributed by atoms with Gasteiger partial charge in [-0.2, -0.15) is 0 Å². The van der Waals surface area contributed by atoms with Crippen molar-refractivity contribution in [2.75, 3.05) is 12.8 Å². The summed E-state index contributed by atoms with van der Waals surface area (Å²) >= 11 is 1.67. The molecule has 2 aromatic rings. The summed E-state index contributed by atoms with van der Waals surface area (Å²) in [4.78, 5) is 15.2. The van der Waals surface area contributed by atoms with Crippen LogP contribution in [0, 0.1) is 5.82 Å². The first-order chi connectivity index (χ1) is 9.49. The van der Waals surface area contributed by atoms with Gasteiger partial charge in [-0.1, -0.05) is 6.07 Å². The molecule has 1 aromatic heterocycles. The quantitative estimate of drug-likeness (QED) is 0.880. The van der Waals surface area contributed by atoms with Gasteiger partial charge in [-0.05, 0) is 36.6 Å². The lowest BCUT2D eigenvalue weighted by molar-refractivity contribution is 0.0743. The van der Waals surface area contributed by atoms with Gasteiger partial charge in [0, 0.05) is 30.0 Å². The van der Waals surface area contributed by atoms with Gasteiger partial charge in [0.2, 0.25) is 0 Å². The molecule has 20 heavy (non-hydrogen) atoms. The molecule has 5 heteroatoms. The molecule has 0 fully saturated rings. The van der Waals surface area contributed by atoms with Gasteiger partial charge < -0.3 is 10.6 Å². The molecule has 0 aliphatic heterocycles. The SMILES string of the molecule is CC(Cc1cccs1)N(C)C(=O)c1ccc(N)c(F)c1. The number of carbonyl (C=O) groups excluding carboxylic acids is 1. The molecule has 0 spiro atoms. The van der Waals surface area contributed by atoms with Crippen LogP contribution in [0.4, 0.5) is 10.1 Å². The van der Waals surface area contributed by atoms with Crippen molar-refractivity contribution < 1.29 is 9.18 Å². The fourth-order valence-corrected chi connectivity index (χ4v) is 2.75. The van der Waals surface area contributed by atoms with E-state index in [9.17, 15) is 9.18 Å². The van der Waals surface area contributed by atoms with Crippen LogP contribution in [0.3, 0.4) is 0 Å².